The number of carbonyl (C=O) groups excluding carboxylic acids is 1. The lowest BCUT2D eigenvalue weighted by molar-refractivity contribution is 0.0967. The minimum Gasteiger partial charge on any atom is -0.310 e. The topological polar surface area (TPSA) is 84.5 Å². The standard InChI is InChI=1S/C28H25N5OS/c1-3-35-23-13-19(17-6-8-21(9-7-17)28(16-29)10-11-28)14-30-24(23)27-32-22-12-20(25(34)18-4-5-18)15-31-26(22)33(27)2/h6-9,12-15,18H,3-5,10-11H2,1-2H3. The van der Waals surface area contributed by atoms with Crippen LogP contribution < -0.4 is 0 Å². The second kappa shape index (κ2) is 8.31. The highest BCUT2D eigenvalue weighted by Crippen LogP contribution is 2.47. The Morgan fingerprint density at radius 1 is 1.14 bits per heavy atom. The maximum Gasteiger partial charge on any atom is 0.167 e. The third-order valence-electron chi connectivity index (χ3n) is 7.04. The van der Waals surface area contributed by atoms with Crippen LogP contribution in [0.15, 0.2) is 53.7 Å². The number of fused-ring (bicyclic) bond motifs is 1. The van der Waals surface area contributed by atoms with E-state index in [4.69, 9.17) is 9.97 Å². The van der Waals surface area contributed by atoms with E-state index in [0.29, 0.717) is 5.56 Å². The van der Waals surface area contributed by atoms with E-state index < -0.39 is 0 Å². The Morgan fingerprint density at radius 2 is 1.91 bits per heavy atom. The highest BCUT2D eigenvalue weighted by atomic mass is 32.2. The summed E-state index contributed by atoms with van der Waals surface area (Å²) in [6.07, 6.45) is 7.39. The lowest BCUT2D eigenvalue weighted by Gasteiger charge is -2.11. The number of nitriles is 1. The minimum absolute atomic E-state index is 0.156. The van der Waals surface area contributed by atoms with Crippen LogP contribution in [0.25, 0.3) is 33.8 Å². The summed E-state index contributed by atoms with van der Waals surface area (Å²) in [6, 6.07) is 14.8. The molecule has 0 amide bonds. The van der Waals surface area contributed by atoms with Crippen molar-refractivity contribution < 1.29 is 4.79 Å². The number of nitrogens with zero attached hydrogens (tertiary/aromatic N) is 5. The van der Waals surface area contributed by atoms with Crippen LogP contribution in [0.4, 0.5) is 0 Å². The van der Waals surface area contributed by atoms with Gasteiger partial charge >= 0.3 is 0 Å². The van der Waals surface area contributed by atoms with Crippen LogP contribution in [0, 0.1) is 17.2 Å². The van der Waals surface area contributed by atoms with E-state index in [1.54, 1.807) is 18.0 Å². The molecule has 3 aromatic heterocycles. The van der Waals surface area contributed by atoms with Gasteiger partial charge in [0.2, 0.25) is 0 Å². The van der Waals surface area contributed by atoms with Gasteiger partial charge in [-0.05, 0) is 54.7 Å². The Bertz CT molecular complexity index is 1510. The summed E-state index contributed by atoms with van der Waals surface area (Å²) >= 11 is 1.73. The smallest absolute Gasteiger partial charge is 0.167 e. The first kappa shape index (κ1) is 22.0. The van der Waals surface area contributed by atoms with Crippen molar-refractivity contribution in [3.05, 3.63) is 59.9 Å². The predicted molar refractivity (Wildman–Crippen MR) is 137 cm³/mol. The maximum absolute atomic E-state index is 12.5. The molecule has 6 rings (SSSR count). The van der Waals surface area contributed by atoms with E-state index in [1.165, 1.54) is 0 Å². The number of rotatable bonds is 7. The van der Waals surface area contributed by atoms with Gasteiger partial charge in [-0.15, -0.1) is 11.8 Å². The average Bonchev–Trinajstić information content (AvgIpc) is 3.82. The zero-order valence-electron chi connectivity index (χ0n) is 19.8. The molecular weight excluding hydrogens is 454 g/mol. The number of carbonyl (C=O) groups is 1. The second-order valence-electron chi connectivity index (χ2n) is 9.47. The lowest BCUT2D eigenvalue weighted by Crippen LogP contribution is -2.02. The van der Waals surface area contributed by atoms with Crippen molar-refractivity contribution in [1.82, 2.24) is 19.5 Å². The average molecular weight is 480 g/mol. The highest BCUT2D eigenvalue weighted by molar-refractivity contribution is 7.99. The largest absolute Gasteiger partial charge is 0.310 e. The third kappa shape index (κ3) is 3.82. The Balaban J connectivity index is 1.37. The first-order valence-corrected chi connectivity index (χ1v) is 13.0. The fraction of sp³-hybridized carbons (Fsp3) is 0.321. The van der Waals surface area contributed by atoms with Crippen molar-refractivity contribution in [2.24, 2.45) is 13.0 Å². The molecule has 2 aliphatic carbocycles. The molecule has 1 aromatic carbocycles. The Labute approximate surface area is 208 Å². The number of aryl methyl sites for hydroxylation is 1. The van der Waals surface area contributed by atoms with E-state index in [1.807, 2.05) is 23.9 Å². The number of hydrogen-bond acceptors (Lipinski definition) is 6. The van der Waals surface area contributed by atoms with Crippen LogP contribution >= 0.6 is 11.8 Å². The van der Waals surface area contributed by atoms with E-state index in [9.17, 15) is 10.1 Å². The van der Waals surface area contributed by atoms with Crippen LogP contribution in [0.2, 0.25) is 0 Å². The molecule has 0 atom stereocenters. The van der Waals surface area contributed by atoms with Gasteiger partial charge in [-0.1, -0.05) is 31.2 Å². The number of hydrogen-bond donors (Lipinski definition) is 0. The molecule has 2 fully saturated rings. The van der Waals surface area contributed by atoms with Crippen molar-refractivity contribution in [2.45, 2.75) is 42.9 Å². The molecule has 0 bridgehead atoms. The number of Topliss-reactive ketones (excluding diaryl/α,β-unsaturated/α-hetero) is 1. The molecule has 174 valence electrons. The molecular formula is C28H25N5OS. The molecule has 2 aliphatic rings. The highest BCUT2D eigenvalue weighted by Gasteiger charge is 2.44. The fourth-order valence-corrected chi connectivity index (χ4v) is 5.41. The van der Waals surface area contributed by atoms with Gasteiger partial charge < -0.3 is 4.57 Å². The normalized spacial score (nSPS) is 16.3. The molecule has 3 heterocycles. The van der Waals surface area contributed by atoms with Gasteiger partial charge in [0.1, 0.15) is 11.2 Å². The van der Waals surface area contributed by atoms with Crippen molar-refractivity contribution in [1.29, 1.82) is 5.26 Å². The van der Waals surface area contributed by atoms with Gasteiger partial charge in [0.05, 0.1) is 11.5 Å². The molecule has 6 nitrogen and oxygen atoms in total. The number of benzene rings is 1. The zero-order valence-corrected chi connectivity index (χ0v) is 20.6. The monoisotopic (exact) mass is 479 g/mol. The SMILES string of the molecule is CCSc1cc(-c2ccc(C3(C#N)CC3)cc2)cnc1-c1nc2cc(C(=O)C3CC3)cnc2n1C. The number of ketones is 1. The number of pyridine rings is 2. The van der Waals surface area contributed by atoms with Crippen LogP contribution in [0.5, 0.6) is 0 Å². The summed E-state index contributed by atoms with van der Waals surface area (Å²) in [4.78, 5) is 27.8. The summed E-state index contributed by atoms with van der Waals surface area (Å²) in [7, 11) is 1.94. The molecule has 4 aromatic rings. The quantitative estimate of drug-likeness (QED) is 0.240. The lowest BCUT2D eigenvalue weighted by atomic mass is 9.95. The molecule has 0 N–H and O–H groups in total. The van der Waals surface area contributed by atoms with Gasteiger partial charge in [-0.2, -0.15) is 5.26 Å². The Kier molecular flexibility index (Phi) is 5.23. The fourth-order valence-electron chi connectivity index (χ4n) is 4.61. The first-order valence-electron chi connectivity index (χ1n) is 12.0. The summed E-state index contributed by atoms with van der Waals surface area (Å²) in [5.41, 5.74) is 5.85. The van der Waals surface area contributed by atoms with Crippen LogP contribution in [-0.2, 0) is 12.5 Å². The molecule has 0 saturated heterocycles. The zero-order chi connectivity index (χ0) is 24.2. The predicted octanol–water partition coefficient (Wildman–Crippen LogP) is 5.96. The van der Waals surface area contributed by atoms with Crippen LogP contribution in [0.3, 0.4) is 0 Å². The van der Waals surface area contributed by atoms with Crippen molar-refractivity contribution >= 4 is 28.7 Å². The Morgan fingerprint density at radius 3 is 2.57 bits per heavy atom. The summed E-state index contributed by atoms with van der Waals surface area (Å²) in [5.74, 6) is 1.98. The number of imidazole rings is 1. The van der Waals surface area contributed by atoms with E-state index >= 15 is 0 Å². The maximum atomic E-state index is 12.5. The van der Waals surface area contributed by atoms with Gasteiger partial charge in [0, 0.05) is 41.4 Å². The van der Waals surface area contributed by atoms with Gasteiger partial charge in [-0.3, -0.25) is 9.78 Å². The molecule has 0 aliphatic heterocycles. The van der Waals surface area contributed by atoms with Gasteiger partial charge in [0.25, 0.3) is 0 Å². The molecule has 0 unspecified atom stereocenters. The molecule has 7 heteroatoms. The minimum atomic E-state index is -0.277. The van der Waals surface area contributed by atoms with E-state index in [2.05, 4.69) is 48.3 Å². The first-order chi connectivity index (χ1) is 17.0. The number of aromatic nitrogens is 4. The van der Waals surface area contributed by atoms with Gasteiger partial charge in [0.15, 0.2) is 17.3 Å². The van der Waals surface area contributed by atoms with Crippen LogP contribution in [-0.4, -0.2) is 31.1 Å². The summed E-state index contributed by atoms with van der Waals surface area (Å²) in [5, 5.41) is 9.48. The van der Waals surface area contributed by atoms with E-state index in [0.717, 1.165) is 75.7 Å². The van der Waals surface area contributed by atoms with E-state index in [-0.39, 0.29) is 17.1 Å². The second-order valence-corrected chi connectivity index (χ2v) is 10.8. The van der Waals surface area contributed by atoms with Crippen molar-refractivity contribution in [3.63, 3.8) is 0 Å². The molecule has 0 radical (unpaired) electrons. The van der Waals surface area contributed by atoms with Crippen LogP contribution in [0.1, 0.15) is 48.5 Å². The summed E-state index contributed by atoms with van der Waals surface area (Å²) in [6.45, 7) is 2.12. The summed E-state index contributed by atoms with van der Waals surface area (Å²) < 4.78 is 1.95. The van der Waals surface area contributed by atoms with Gasteiger partial charge in [-0.25, -0.2) is 9.97 Å². The third-order valence-corrected chi connectivity index (χ3v) is 7.95. The van der Waals surface area contributed by atoms with Crippen molar-refractivity contribution in [2.75, 3.05) is 5.75 Å². The Hall–Kier alpha value is -3.50. The molecule has 35 heavy (non-hydrogen) atoms. The van der Waals surface area contributed by atoms with Crippen molar-refractivity contribution in [3.8, 4) is 28.7 Å². The molecule has 2 saturated carbocycles. The molecule has 0 spiro atoms. The number of thioether (sulfide) groups is 1.